The van der Waals surface area contributed by atoms with E-state index in [2.05, 4.69) is 20.7 Å². The monoisotopic (exact) mass is 384 g/mol. The molecule has 0 heterocycles. The van der Waals surface area contributed by atoms with Crippen LogP contribution in [0.1, 0.15) is 21.8 Å². The normalized spacial score (nSPS) is 22.3. The maximum absolute atomic E-state index is 12.8. The number of allylic oxidation sites excluding steroid dienone is 1. The second-order valence-electron chi connectivity index (χ2n) is 5.79. The van der Waals surface area contributed by atoms with Crippen LogP contribution in [0.15, 0.2) is 71.2 Å². The maximum atomic E-state index is 12.8. The van der Waals surface area contributed by atoms with Gasteiger partial charge < -0.3 is 4.74 Å². The Hall–Kier alpha value is -2.20. The largest absolute Gasteiger partial charge is 0.466 e. The van der Waals surface area contributed by atoms with E-state index >= 15 is 0 Å². The Balaban J connectivity index is 1.86. The van der Waals surface area contributed by atoms with Crippen molar-refractivity contribution in [2.24, 2.45) is 11.8 Å². The summed E-state index contributed by atoms with van der Waals surface area (Å²) >= 11 is 3.43. The van der Waals surface area contributed by atoms with Crippen molar-refractivity contribution in [1.29, 1.82) is 0 Å². The SMILES string of the molecule is COC(=O)/C=C/[C@H]1[C@H](C(=O)c2ccccc2)[C@H]1c1ccc(Br)cc1. The molecule has 2 aromatic carbocycles. The molecule has 0 spiro atoms. The number of methoxy groups -OCH3 is 1. The van der Waals surface area contributed by atoms with Gasteiger partial charge in [0.05, 0.1) is 7.11 Å². The minimum atomic E-state index is -0.401. The average molecular weight is 385 g/mol. The van der Waals surface area contributed by atoms with Crippen LogP contribution in [0, 0.1) is 11.8 Å². The van der Waals surface area contributed by atoms with E-state index in [-0.39, 0.29) is 23.5 Å². The van der Waals surface area contributed by atoms with Crippen molar-refractivity contribution in [3.05, 3.63) is 82.3 Å². The summed E-state index contributed by atoms with van der Waals surface area (Å²) in [5, 5.41) is 0. The summed E-state index contributed by atoms with van der Waals surface area (Å²) in [4.78, 5) is 24.2. The molecule has 0 aromatic heterocycles. The van der Waals surface area contributed by atoms with E-state index in [9.17, 15) is 9.59 Å². The second kappa shape index (κ2) is 7.14. The van der Waals surface area contributed by atoms with Gasteiger partial charge in [-0.1, -0.05) is 64.5 Å². The summed E-state index contributed by atoms with van der Waals surface area (Å²) in [6.07, 6.45) is 3.21. The van der Waals surface area contributed by atoms with Gasteiger partial charge in [0.25, 0.3) is 0 Å². The van der Waals surface area contributed by atoms with Crippen LogP contribution in [0.5, 0.6) is 0 Å². The fraction of sp³-hybridized carbons (Fsp3) is 0.200. The number of ketones is 1. The standard InChI is InChI=1S/C20H17BrO3/c1-24-17(22)12-11-16-18(13-7-9-15(21)10-8-13)19(16)20(23)14-5-3-2-4-6-14/h2-12,16,18-19H,1H3/b12-11+/t16-,18+,19+/m1/s1. The van der Waals surface area contributed by atoms with Crippen molar-refractivity contribution in [2.45, 2.75) is 5.92 Å². The van der Waals surface area contributed by atoms with E-state index in [0.29, 0.717) is 5.56 Å². The zero-order chi connectivity index (χ0) is 17.1. The fourth-order valence-electron chi connectivity index (χ4n) is 3.08. The molecule has 3 atom stereocenters. The fourth-order valence-corrected chi connectivity index (χ4v) is 3.34. The molecule has 0 bridgehead atoms. The number of ether oxygens (including phenoxy) is 1. The molecule has 0 radical (unpaired) electrons. The van der Waals surface area contributed by atoms with Crippen LogP contribution in [-0.4, -0.2) is 18.9 Å². The third kappa shape index (κ3) is 3.49. The van der Waals surface area contributed by atoms with E-state index in [4.69, 9.17) is 0 Å². The summed E-state index contributed by atoms with van der Waals surface area (Å²) in [7, 11) is 1.35. The van der Waals surface area contributed by atoms with Crippen LogP contribution in [-0.2, 0) is 9.53 Å². The Labute approximate surface area is 149 Å². The molecule has 4 heteroatoms. The van der Waals surface area contributed by atoms with Gasteiger partial charge in [0, 0.05) is 27.9 Å². The van der Waals surface area contributed by atoms with E-state index in [1.165, 1.54) is 13.2 Å². The molecule has 0 saturated heterocycles. The smallest absolute Gasteiger partial charge is 0.330 e. The maximum Gasteiger partial charge on any atom is 0.330 e. The summed E-state index contributed by atoms with van der Waals surface area (Å²) in [5.41, 5.74) is 1.81. The van der Waals surface area contributed by atoms with Crippen LogP contribution in [0.3, 0.4) is 0 Å². The molecule has 0 N–H and O–H groups in total. The topological polar surface area (TPSA) is 43.4 Å². The van der Waals surface area contributed by atoms with E-state index in [0.717, 1.165) is 10.0 Å². The summed E-state index contributed by atoms with van der Waals surface area (Å²) in [5.74, 6) is -0.329. The number of hydrogen-bond donors (Lipinski definition) is 0. The zero-order valence-corrected chi connectivity index (χ0v) is 14.8. The molecule has 3 rings (SSSR count). The number of benzene rings is 2. The summed E-state index contributed by atoms with van der Waals surface area (Å²) in [6.45, 7) is 0. The molecule has 1 saturated carbocycles. The Morgan fingerprint density at radius 2 is 1.71 bits per heavy atom. The molecule has 1 fully saturated rings. The Morgan fingerprint density at radius 1 is 1.04 bits per heavy atom. The number of esters is 1. The number of Topliss-reactive ketones (excluding diaryl/α,β-unsaturated/α-hetero) is 1. The van der Waals surface area contributed by atoms with Gasteiger partial charge in [0.15, 0.2) is 5.78 Å². The van der Waals surface area contributed by atoms with Gasteiger partial charge in [-0.2, -0.15) is 0 Å². The zero-order valence-electron chi connectivity index (χ0n) is 13.2. The molecular formula is C20H17BrO3. The number of carbonyl (C=O) groups excluding carboxylic acids is 2. The van der Waals surface area contributed by atoms with Gasteiger partial charge >= 0.3 is 5.97 Å². The average Bonchev–Trinajstić information content (AvgIpc) is 3.34. The van der Waals surface area contributed by atoms with Crippen LogP contribution < -0.4 is 0 Å². The Kier molecular flexibility index (Phi) is 4.95. The molecule has 0 unspecified atom stereocenters. The van der Waals surface area contributed by atoms with Gasteiger partial charge in [-0.05, 0) is 23.6 Å². The first-order chi connectivity index (χ1) is 11.6. The van der Waals surface area contributed by atoms with E-state index < -0.39 is 5.97 Å². The first kappa shape index (κ1) is 16.7. The lowest BCUT2D eigenvalue weighted by Gasteiger charge is -2.01. The lowest BCUT2D eigenvalue weighted by molar-refractivity contribution is -0.134. The van der Waals surface area contributed by atoms with Crippen molar-refractivity contribution < 1.29 is 14.3 Å². The molecule has 2 aromatic rings. The van der Waals surface area contributed by atoms with Gasteiger partial charge in [0.2, 0.25) is 0 Å². The summed E-state index contributed by atoms with van der Waals surface area (Å²) in [6, 6.07) is 17.3. The van der Waals surface area contributed by atoms with Crippen LogP contribution in [0.25, 0.3) is 0 Å². The van der Waals surface area contributed by atoms with Crippen LogP contribution in [0.2, 0.25) is 0 Å². The van der Waals surface area contributed by atoms with E-state index in [1.807, 2.05) is 54.6 Å². The number of rotatable bonds is 5. The third-order valence-electron chi connectivity index (χ3n) is 4.35. The summed E-state index contributed by atoms with van der Waals surface area (Å²) < 4.78 is 5.65. The van der Waals surface area contributed by atoms with Crippen molar-refractivity contribution in [3.8, 4) is 0 Å². The second-order valence-corrected chi connectivity index (χ2v) is 6.71. The molecule has 122 valence electrons. The Bertz CT molecular complexity index is 765. The number of halogens is 1. The van der Waals surface area contributed by atoms with Gasteiger partial charge in [-0.15, -0.1) is 0 Å². The van der Waals surface area contributed by atoms with Crippen molar-refractivity contribution in [3.63, 3.8) is 0 Å². The molecule has 1 aliphatic rings. The molecule has 24 heavy (non-hydrogen) atoms. The van der Waals surface area contributed by atoms with Crippen molar-refractivity contribution >= 4 is 27.7 Å². The first-order valence-corrected chi connectivity index (χ1v) is 8.52. The molecule has 0 aliphatic heterocycles. The molecular weight excluding hydrogens is 368 g/mol. The predicted molar refractivity (Wildman–Crippen MR) is 95.8 cm³/mol. The highest BCUT2D eigenvalue weighted by atomic mass is 79.9. The Morgan fingerprint density at radius 3 is 2.33 bits per heavy atom. The highest BCUT2D eigenvalue weighted by Gasteiger charge is 2.53. The van der Waals surface area contributed by atoms with Crippen molar-refractivity contribution in [2.75, 3.05) is 7.11 Å². The van der Waals surface area contributed by atoms with Gasteiger partial charge in [-0.25, -0.2) is 4.79 Å². The quantitative estimate of drug-likeness (QED) is 0.436. The molecule has 0 amide bonds. The highest BCUT2D eigenvalue weighted by Crippen LogP contribution is 2.56. The van der Waals surface area contributed by atoms with Crippen LogP contribution >= 0.6 is 15.9 Å². The van der Waals surface area contributed by atoms with Crippen molar-refractivity contribution in [1.82, 2.24) is 0 Å². The highest BCUT2D eigenvalue weighted by molar-refractivity contribution is 9.10. The number of carbonyl (C=O) groups is 2. The minimum absolute atomic E-state index is 0.0120. The lowest BCUT2D eigenvalue weighted by atomic mass is 10.0. The number of hydrogen-bond acceptors (Lipinski definition) is 3. The first-order valence-electron chi connectivity index (χ1n) is 7.72. The third-order valence-corrected chi connectivity index (χ3v) is 4.88. The molecule has 1 aliphatic carbocycles. The van der Waals surface area contributed by atoms with Gasteiger partial charge in [-0.3, -0.25) is 4.79 Å². The van der Waals surface area contributed by atoms with Crippen LogP contribution in [0.4, 0.5) is 0 Å². The van der Waals surface area contributed by atoms with Gasteiger partial charge in [0.1, 0.15) is 0 Å². The minimum Gasteiger partial charge on any atom is -0.466 e. The van der Waals surface area contributed by atoms with E-state index in [1.54, 1.807) is 6.08 Å². The predicted octanol–water partition coefficient (Wildman–Crippen LogP) is 4.39. The molecule has 3 nitrogen and oxygen atoms in total. The lowest BCUT2D eigenvalue weighted by Crippen LogP contribution is -2.04.